The minimum absolute atomic E-state index is 0.0353. The SMILES string of the molecule is CCOc1ccc(/C=N/NC(=O)C2=C(C)NC(=S)NC2c2ccc([N+](=O)[O-])cc2)cc1. The van der Waals surface area contributed by atoms with E-state index in [1.54, 1.807) is 19.1 Å². The molecule has 2 aromatic carbocycles. The minimum Gasteiger partial charge on any atom is -0.494 e. The van der Waals surface area contributed by atoms with Crippen LogP contribution in [0.3, 0.4) is 0 Å². The summed E-state index contributed by atoms with van der Waals surface area (Å²) in [6.07, 6.45) is 1.53. The Morgan fingerprint density at radius 3 is 2.55 bits per heavy atom. The molecule has 1 unspecified atom stereocenters. The summed E-state index contributed by atoms with van der Waals surface area (Å²) in [6.45, 7) is 4.23. The van der Waals surface area contributed by atoms with E-state index in [9.17, 15) is 14.9 Å². The van der Waals surface area contributed by atoms with Gasteiger partial charge in [0.2, 0.25) is 0 Å². The summed E-state index contributed by atoms with van der Waals surface area (Å²) in [5.41, 5.74) is 4.90. The molecule has 0 saturated carbocycles. The summed E-state index contributed by atoms with van der Waals surface area (Å²) in [5, 5.41) is 21.3. The first-order valence-corrected chi connectivity index (χ1v) is 9.88. The standard InChI is InChI=1S/C21H21N5O4S/c1-3-30-17-10-4-14(5-11-17)12-22-25-20(27)18-13(2)23-21(31)24-19(18)15-6-8-16(9-7-15)26(28)29/h4-12,19H,3H2,1-2H3,(H,25,27)(H2,23,24,31)/b22-12+. The molecule has 0 radical (unpaired) electrons. The Bertz CT molecular complexity index is 1050. The first-order valence-electron chi connectivity index (χ1n) is 9.48. The Hall–Kier alpha value is -3.79. The first kappa shape index (κ1) is 21.9. The maximum absolute atomic E-state index is 12.9. The quantitative estimate of drug-likeness (QED) is 0.263. The summed E-state index contributed by atoms with van der Waals surface area (Å²) >= 11 is 5.21. The van der Waals surface area contributed by atoms with Crippen LogP contribution in [0.15, 0.2) is 64.9 Å². The summed E-state index contributed by atoms with van der Waals surface area (Å²) in [6, 6.07) is 12.7. The van der Waals surface area contributed by atoms with E-state index in [0.29, 0.717) is 28.6 Å². The molecule has 1 amide bonds. The molecule has 3 rings (SSSR count). The van der Waals surface area contributed by atoms with Crippen molar-refractivity contribution >= 4 is 35.1 Å². The van der Waals surface area contributed by atoms with Gasteiger partial charge in [-0.25, -0.2) is 5.43 Å². The van der Waals surface area contributed by atoms with Crippen molar-refractivity contribution < 1.29 is 14.5 Å². The Labute approximate surface area is 184 Å². The number of hydrogen-bond donors (Lipinski definition) is 3. The van der Waals surface area contributed by atoms with E-state index in [1.807, 2.05) is 31.2 Å². The van der Waals surface area contributed by atoms with Crippen LogP contribution in [0.4, 0.5) is 5.69 Å². The number of nitro groups is 1. The summed E-state index contributed by atoms with van der Waals surface area (Å²) in [7, 11) is 0. The van der Waals surface area contributed by atoms with Gasteiger partial charge in [-0.2, -0.15) is 5.10 Å². The Balaban J connectivity index is 1.77. The number of nitrogens with zero attached hydrogens (tertiary/aromatic N) is 2. The zero-order chi connectivity index (χ0) is 22.4. The molecule has 31 heavy (non-hydrogen) atoms. The number of nitrogens with one attached hydrogen (secondary N) is 3. The lowest BCUT2D eigenvalue weighted by Crippen LogP contribution is -2.46. The Morgan fingerprint density at radius 2 is 1.94 bits per heavy atom. The zero-order valence-corrected chi connectivity index (χ0v) is 17.7. The fraction of sp³-hybridized carbons (Fsp3) is 0.190. The average Bonchev–Trinajstić information content (AvgIpc) is 2.74. The molecular weight excluding hydrogens is 418 g/mol. The number of allylic oxidation sites excluding steroid dienone is 1. The van der Waals surface area contributed by atoms with Crippen molar-refractivity contribution in [3.05, 3.63) is 81.0 Å². The molecule has 0 fully saturated rings. The largest absolute Gasteiger partial charge is 0.494 e. The van der Waals surface area contributed by atoms with E-state index in [4.69, 9.17) is 17.0 Å². The summed E-state index contributed by atoms with van der Waals surface area (Å²) < 4.78 is 5.40. The van der Waals surface area contributed by atoms with E-state index < -0.39 is 16.9 Å². The second kappa shape index (κ2) is 9.81. The highest BCUT2D eigenvalue weighted by atomic mass is 32.1. The van der Waals surface area contributed by atoms with Gasteiger partial charge in [0, 0.05) is 17.8 Å². The lowest BCUT2D eigenvalue weighted by atomic mass is 9.95. The molecule has 0 aliphatic carbocycles. The predicted molar refractivity (Wildman–Crippen MR) is 121 cm³/mol. The van der Waals surface area contributed by atoms with Crippen molar-refractivity contribution in [3.8, 4) is 5.75 Å². The van der Waals surface area contributed by atoms with Gasteiger partial charge in [0.15, 0.2) is 5.11 Å². The number of benzene rings is 2. The van der Waals surface area contributed by atoms with Gasteiger partial charge in [0.05, 0.1) is 29.4 Å². The van der Waals surface area contributed by atoms with Crippen LogP contribution in [0.1, 0.15) is 31.0 Å². The van der Waals surface area contributed by atoms with Gasteiger partial charge in [0.25, 0.3) is 11.6 Å². The number of carbonyl (C=O) groups excluding carboxylic acids is 1. The van der Waals surface area contributed by atoms with Crippen LogP contribution >= 0.6 is 12.2 Å². The topological polar surface area (TPSA) is 118 Å². The molecule has 160 valence electrons. The minimum atomic E-state index is -0.574. The van der Waals surface area contributed by atoms with Crippen molar-refractivity contribution in [1.29, 1.82) is 0 Å². The number of hydrogen-bond acceptors (Lipinski definition) is 6. The highest BCUT2D eigenvalue weighted by Crippen LogP contribution is 2.28. The molecule has 2 aromatic rings. The zero-order valence-electron chi connectivity index (χ0n) is 16.9. The van der Waals surface area contributed by atoms with E-state index in [1.165, 1.54) is 18.3 Å². The van der Waals surface area contributed by atoms with Crippen LogP contribution in [0.25, 0.3) is 0 Å². The molecule has 0 aromatic heterocycles. The number of hydrazone groups is 1. The summed E-state index contributed by atoms with van der Waals surface area (Å²) in [4.78, 5) is 23.3. The number of amides is 1. The predicted octanol–water partition coefficient (Wildman–Crippen LogP) is 2.94. The highest BCUT2D eigenvalue weighted by Gasteiger charge is 2.30. The molecule has 1 atom stereocenters. The maximum atomic E-state index is 12.9. The summed E-state index contributed by atoms with van der Waals surface area (Å²) in [5.74, 6) is 0.330. The normalized spacial score (nSPS) is 15.9. The fourth-order valence-corrected chi connectivity index (χ4v) is 3.35. The van der Waals surface area contributed by atoms with Crippen molar-refractivity contribution in [3.63, 3.8) is 0 Å². The number of nitro benzene ring substituents is 1. The molecule has 9 nitrogen and oxygen atoms in total. The van der Waals surface area contributed by atoms with Crippen molar-refractivity contribution in [2.75, 3.05) is 6.61 Å². The Morgan fingerprint density at radius 1 is 1.26 bits per heavy atom. The number of carbonyl (C=O) groups is 1. The van der Waals surface area contributed by atoms with Crippen LogP contribution < -0.4 is 20.8 Å². The van der Waals surface area contributed by atoms with Crippen molar-refractivity contribution in [2.24, 2.45) is 5.10 Å². The van der Waals surface area contributed by atoms with Gasteiger partial charge in [-0.05, 0) is 73.6 Å². The molecule has 1 heterocycles. The molecule has 0 saturated heterocycles. The number of non-ortho nitro benzene ring substituents is 1. The molecule has 1 aliphatic heterocycles. The third kappa shape index (κ3) is 5.43. The van der Waals surface area contributed by atoms with E-state index in [2.05, 4.69) is 21.2 Å². The molecular formula is C21H21N5O4S. The first-order chi connectivity index (χ1) is 14.9. The van der Waals surface area contributed by atoms with Crippen LogP contribution in [0.5, 0.6) is 5.75 Å². The third-order valence-corrected chi connectivity index (χ3v) is 4.74. The smallest absolute Gasteiger partial charge is 0.271 e. The second-order valence-electron chi connectivity index (χ2n) is 6.62. The Kier molecular flexibility index (Phi) is 6.93. The maximum Gasteiger partial charge on any atom is 0.271 e. The van der Waals surface area contributed by atoms with Crippen molar-refractivity contribution in [2.45, 2.75) is 19.9 Å². The van der Waals surface area contributed by atoms with Crippen LogP contribution in [-0.4, -0.2) is 28.8 Å². The van der Waals surface area contributed by atoms with E-state index in [-0.39, 0.29) is 5.69 Å². The van der Waals surface area contributed by atoms with Crippen molar-refractivity contribution in [1.82, 2.24) is 16.1 Å². The van der Waals surface area contributed by atoms with Crippen LogP contribution in [-0.2, 0) is 4.79 Å². The molecule has 3 N–H and O–H groups in total. The van der Waals surface area contributed by atoms with Gasteiger partial charge in [-0.3, -0.25) is 14.9 Å². The molecule has 10 heteroatoms. The number of rotatable bonds is 7. The lowest BCUT2D eigenvalue weighted by Gasteiger charge is -2.29. The van der Waals surface area contributed by atoms with Gasteiger partial charge >= 0.3 is 0 Å². The van der Waals surface area contributed by atoms with Crippen LogP contribution in [0, 0.1) is 10.1 Å². The van der Waals surface area contributed by atoms with Crippen LogP contribution in [0.2, 0.25) is 0 Å². The fourth-order valence-electron chi connectivity index (χ4n) is 3.08. The van der Waals surface area contributed by atoms with Gasteiger partial charge < -0.3 is 15.4 Å². The lowest BCUT2D eigenvalue weighted by molar-refractivity contribution is -0.384. The molecule has 0 spiro atoms. The monoisotopic (exact) mass is 439 g/mol. The van der Waals surface area contributed by atoms with Gasteiger partial charge in [-0.1, -0.05) is 0 Å². The average molecular weight is 439 g/mol. The van der Waals surface area contributed by atoms with E-state index >= 15 is 0 Å². The second-order valence-corrected chi connectivity index (χ2v) is 7.03. The number of thiocarbonyl (C=S) groups is 1. The van der Waals surface area contributed by atoms with Gasteiger partial charge in [0.1, 0.15) is 5.75 Å². The molecule has 0 bridgehead atoms. The highest BCUT2D eigenvalue weighted by molar-refractivity contribution is 7.80. The third-order valence-electron chi connectivity index (χ3n) is 4.52. The number of ether oxygens (including phenoxy) is 1. The van der Waals surface area contributed by atoms with E-state index in [0.717, 1.165) is 11.3 Å². The molecule has 1 aliphatic rings. The van der Waals surface area contributed by atoms with Gasteiger partial charge in [-0.15, -0.1) is 0 Å².